The normalized spacial score (nSPS) is 12.0. The molecular weight excluding hydrogens is 220 g/mol. The number of nitrogens with two attached hydrogens (primary N) is 1. The Labute approximate surface area is 103 Å². The number of ether oxygens (including phenoxy) is 1. The summed E-state index contributed by atoms with van der Waals surface area (Å²) in [4.78, 5) is 24.8. The highest BCUT2D eigenvalue weighted by Crippen LogP contribution is 2.10. The summed E-state index contributed by atoms with van der Waals surface area (Å²) in [5.41, 5.74) is 5.41. The number of carbonyl (C=O) groups is 2. The fraction of sp³-hybridized carbons (Fsp3) is 0.833. The first-order valence-electron chi connectivity index (χ1n) is 6.12. The van der Waals surface area contributed by atoms with Crippen molar-refractivity contribution in [3.8, 4) is 0 Å². The predicted octanol–water partition coefficient (Wildman–Crippen LogP) is 0.773. The van der Waals surface area contributed by atoms with Crippen molar-refractivity contribution in [1.29, 1.82) is 0 Å². The average Bonchev–Trinajstić information content (AvgIpc) is 2.34. The number of nitrogens with zero attached hydrogens (tertiary/aromatic N) is 1. The molecule has 0 aliphatic heterocycles. The van der Waals surface area contributed by atoms with Crippen molar-refractivity contribution < 1.29 is 14.3 Å². The number of hydrogen-bond donors (Lipinski definition) is 1. The molecule has 0 saturated heterocycles. The molecule has 1 atom stereocenters. The Hall–Kier alpha value is -1.10. The third-order valence-corrected chi connectivity index (χ3v) is 2.62. The Kier molecular flexibility index (Phi) is 8.40. The summed E-state index contributed by atoms with van der Waals surface area (Å²) in [6, 6.07) is 0. The van der Waals surface area contributed by atoms with Gasteiger partial charge in [0.2, 0.25) is 5.91 Å². The molecule has 0 aromatic heterocycles. The summed E-state index contributed by atoms with van der Waals surface area (Å²) in [6.45, 7) is 5.06. The molecule has 0 aromatic carbocycles. The molecule has 0 rings (SSSR count). The van der Waals surface area contributed by atoms with Gasteiger partial charge >= 0.3 is 5.97 Å². The van der Waals surface area contributed by atoms with Crippen molar-refractivity contribution >= 4 is 11.9 Å². The summed E-state index contributed by atoms with van der Waals surface area (Å²) in [5.74, 6) is -0.460. The van der Waals surface area contributed by atoms with E-state index in [-0.39, 0.29) is 24.3 Å². The summed E-state index contributed by atoms with van der Waals surface area (Å²) >= 11 is 0. The second-order valence-electron chi connectivity index (χ2n) is 4.17. The molecule has 2 N–H and O–H groups in total. The van der Waals surface area contributed by atoms with Crippen molar-refractivity contribution in [3.63, 3.8) is 0 Å². The smallest absolute Gasteiger partial charge is 0.325 e. The monoisotopic (exact) mass is 244 g/mol. The van der Waals surface area contributed by atoms with Gasteiger partial charge in [-0.3, -0.25) is 9.59 Å². The highest BCUT2D eigenvalue weighted by Gasteiger charge is 2.21. The van der Waals surface area contributed by atoms with Crippen molar-refractivity contribution in [1.82, 2.24) is 4.90 Å². The molecule has 17 heavy (non-hydrogen) atoms. The van der Waals surface area contributed by atoms with Crippen LogP contribution in [0.25, 0.3) is 0 Å². The molecule has 0 spiro atoms. The first-order valence-corrected chi connectivity index (χ1v) is 6.12. The molecule has 0 fully saturated rings. The molecule has 100 valence electrons. The maximum Gasteiger partial charge on any atom is 0.325 e. The van der Waals surface area contributed by atoms with Crippen LogP contribution in [-0.4, -0.2) is 43.5 Å². The number of esters is 1. The zero-order valence-electron chi connectivity index (χ0n) is 11.1. The standard InChI is InChI=1S/C12H24N2O3/c1-4-8-14(9-11(15)17-3)12(16)10(2)6-5-7-13/h10H,4-9,13H2,1-3H3. The van der Waals surface area contributed by atoms with Gasteiger partial charge in [0, 0.05) is 12.5 Å². The fourth-order valence-corrected chi connectivity index (χ4v) is 1.62. The number of amides is 1. The van der Waals surface area contributed by atoms with Crippen LogP contribution >= 0.6 is 0 Å². The van der Waals surface area contributed by atoms with Crippen molar-refractivity contribution in [2.75, 3.05) is 26.7 Å². The number of methoxy groups -OCH3 is 1. The van der Waals surface area contributed by atoms with Gasteiger partial charge < -0.3 is 15.4 Å². The van der Waals surface area contributed by atoms with Crippen molar-refractivity contribution in [2.24, 2.45) is 11.7 Å². The minimum atomic E-state index is -0.377. The van der Waals surface area contributed by atoms with Crippen LogP contribution in [0.4, 0.5) is 0 Å². The third-order valence-electron chi connectivity index (χ3n) is 2.62. The number of carbonyl (C=O) groups excluding carboxylic acids is 2. The highest BCUT2D eigenvalue weighted by molar-refractivity contribution is 5.83. The van der Waals surface area contributed by atoms with Gasteiger partial charge in [-0.05, 0) is 25.8 Å². The minimum Gasteiger partial charge on any atom is -0.468 e. The molecule has 5 nitrogen and oxygen atoms in total. The Morgan fingerprint density at radius 2 is 2.06 bits per heavy atom. The van der Waals surface area contributed by atoms with Gasteiger partial charge in [-0.15, -0.1) is 0 Å². The van der Waals surface area contributed by atoms with E-state index in [0.717, 1.165) is 19.3 Å². The topological polar surface area (TPSA) is 72.6 Å². The zero-order chi connectivity index (χ0) is 13.3. The first-order chi connectivity index (χ1) is 8.06. The SMILES string of the molecule is CCCN(CC(=O)OC)C(=O)C(C)CCCN. The summed E-state index contributed by atoms with van der Waals surface area (Å²) in [7, 11) is 1.33. The van der Waals surface area contributed by atoms with E-state index in [9.17, 15) is 9.59 Å². The lowest BCUT2D eigenvalue weighted by Crippen LogP contribution is -2.40. The maximum absolute atomic E-state index is 12.1. The van der Waals surface area contributed by atoms with Crippen LogP contribution in [-0.2, 0) is 14.3 Å². The van der Waals surface area contributed by atoms with Crippen LogP contribution in [0, 0.1) is 5.92 Å². The molecule has 0 aromatic rings. The summed E-state index contributed by atoms with van der Waals surface area (Å²) in [5, 5.41) is 0. The lowest BCUT2D eigenvalue weighted by atomic mass is 10.0. The van der Waals surface area contributed by atoms with E-state index in [0.29, 0.717) is 13.1 Å². The fourth-order valence-electron chi connectivity index (χ4n) is 1.62. The third kappa shape index (κ3) is 6.26. The number of rotatable bonds is 8. The average molecular weight is 244 g/mol. The van der Waals surface area contributed by atoms with E-state index in [1.807, 2.05) is 13.8 Å². The van der Waals surface area contributed by atoms with Crippen LogP contribution in [0.3, 0.4) is 0 Å². The van der Waals surface area contributed by atoms with Gasteiger partial charge in [-0.25, -0.2) is 0 Å². The molecule has 1 amide bonds. The molecule has 0 aliphatic carbocycles. The van der Waals surface area contributed by atoms with Crippen LogP contribution in [0.2, 0.25) is 0 Å². The Balaban J connectivity index is 4.36. The van der Waals surface area contributed by atoms with E-state index >= 15 is 0 Å². The van der Waals surface area contributed by atoms with Crippen LogP contribution in [0.5, 0.6) is 0 Å². The Bertz CT molecular complexity index is 244. The van der Waals surface area contributed by atoms with Gasteiger partial charge in [0.25, 0.3) is 0 Å². The van der Waals surface area contributed by atoms with E-state index in [2.05, 4.69) is 4.74 Å². The Morgan fingerprint density at radius 3 is 2.53 bits per heavy atom. The minimum absolute atomic E-state index is 0.00528. The lowest BCUT2D eigenvalue weighted by molar-refractivity contribution is -0.148. The van der Waals surface area contributed by atoms with Gasteiger partial charge in [0.05, 0.1) is 7.11 Å². The molecule has 5 heteroatoms. The van der Waals surface area contributed by atoms with Crippen LogP contribution < -0.4 is 5.73 Å². The van der Waals surface area contributed by atoms with Crippen molar-refractivity contribution in [3.05, 3.63) is 0 Å². The second-order valence-corrected chi connectivity index (χ2v) is 4.17. The molecule has 0 heterocycles. The van der Waals surface area contributed by atoms with E-state index < -0.39 is 0 Å². The van der Waals surface area contributed by atoms with Gasteiger partial charge in [-0.2, -0.15) is 0 Å². The molecule has 0 saturated carbocycles. The Morgan fingerprint density at radius 1 is 1.41 bits per heavy atom. The predicted molar refractivity (Wildman–Crippen MR) is 66.3 cm³/mol. The lowest BCUT2D eigenvalue weighted by Gasteiger charge is -2.24. The van der Waals surface area contributed by atoms with Gasteiger partial charge in [0.1, 0.15) is 6.54 Å². The zero-order valence-corrected chi connectivity index (χ0v) is 11.1. The molecule has 0 aliphatic rings. The first kappa shape index (κ1) is 15.9. The van der Waals surface area contributed by atoms with Crippen LogP contribution in [0.15, 0.2) is 0 Å². The van der Waals surface area contributed by atoms with Crippen LogP contribution in [0.1, 0.15) is 33.1 Å². The molecule has 0 bridgehead atoms. The van der Waals surface area contributed by atoms with Gasteiger partial charge in [0.15, 0.2) is 0 Å². The van der Waals surface area contributed by atoms with Crippen molar-refractivity contribution in [2.45, 2.75) is 33.1 Å². The highest BCUT2D eigenvalue weighted by atomic mass is 16.5. The second kappa shape index (κ2) is 8.98. The quantitative estimate of drug-likeness (QED) is 0.640. The maximum atomic E-state index is 12.1. The molecule has 1 unspecified atom stereocenters. The van der Waals surface area contributed by atoms with E-state index in [1.165, 1.54) is 7.11 Å². The molecule has 0 radical (unpaired) electrons. The van der Waals surface area contributed by atoms with Gasteiger partial charge in [-0.1, -0.05) is 13.8 Å². The number of hydrogen-bond acceptors (Lipinski definition) is 4. The van der Waals surface area contributed by atoms with E-state index in [4.69, 9.17) is 5.73 Å². The largest absolute Gasteiger partial charge is 0.468 e. The summed E-state index contributed by atoms with van der Waals surface area (Å²) in [6.07, 6.45) is 2.41. The summed E-state index contributed by atoms with van der Waals surface area (Å²) < 4.78 is 4.59. The van der Waals surface area contributed by atoms with E-state index in [1.54, 1.807) is 4.90 Å². The molecular formula is C12H24N2O3.